The zero-order valence-corrected chi connectivity index (χ0v) is 15.2. The van der Waals surface area contributed by atoms with E-state index in [2.05, 4.69) is 15.0 Å². The van der Waals surface area contributed by atoms with Gasteiger partial charge in [0, 0.05) is 6.20 Å². The highest BCUT2D eigenvalue weighted by atomic mass is 16.6. The van der Waals surface area contributed by atoms with Crippen LogP contribution in [0.2, 0.25) is 0 Å². The van der Waals surface area contributed by atoms with Gasteiger partial charge in [-0.1, -0.05) is 17.3 Å². The van der Waals surface area contributed by atoms with Crippen molar-refractivity contribution in [2.45, 2.75) is 27.4 Å². The fourth-order valence-corrected chi connectivity index (χ4v) is 2.38. The molecule has 2 aromatic rings. The van der Waals surface area contributed by atoms with Gasteiger partial charge in [-0.2, -0.15) is 0 Å². The molecule has 0 saturated carbocycles. The number of aromatic nitrogens is 1. The topological polar surface area (TPSA) is 52.9 Å². The number of benzene rings is 1. The second-order valence-electron chi connectivity index (χ2n) is 5.56. The summed E-state index contributed by atoms with van der Waals surface area (Å²) in [5.41, 5.74) is 3.83. The molecule has 0 N–H and O–H groups in total. The number of ether oxygens (including phenoxy) is 2. The van der Waals surface area contributed by atoms with Crippen molar-refractivity contribution in [2.24, 2.45) is 5.16 Å². The summed E-state index contributed by atoms with van der Waals surface area (Å²) in [6.07, 6.45) is 7.24. The molecule has 25 heavy (non-hydrogen) atoms. The van der Waals surface area contributed by atoms with Gasteiger partial charge in [0.25, 0.3) is 0 Å². The maximum Gasteiger partial charge on any atom is 0.125 e. The minimum absolute atomic E-state index is 0.455. The Kier molecular flexibility index (Phi) is 7.01. The van der Waals surface area contributed by atoms with Crippen LogP contribution in [0.1, 0.15) is 29.3 Å². The summed E-state index contributed by atoms with van der Waals surface area (Å²) in [7, 11) is 1.50. The van der Waals surface area contributed by atoms with Crippen molar-refractivity contribution < 1.29 is 14.3 Å². The van der Waals surface area contributed by atoms with Crippen molar-refractivity contribution in [1.29, 1.82) is 0 Å². The van der Waals surface area contributed by atoms with E-state index >= 15 is 0 Å². The zero-order chi connectivity index (χ0) is 18.1. The van der Waals surface area contributed by atoms with E-state index < -0.39 is 0 Å². The average molecular weight is 340 g/mol. The quantitative estimate of drug-likeness (QED) is 0.410. The number of allylic oxidation sites excluding steroid dienone is 1. The van der Waals surface area contributed by atoms with Crippen LogP contribution < -0.4 is 9.47 Å². The molecule has 0 spiro atoms. The van der Waals surface area contributed by atoms with Crippen molar-refractivity contribution in [2.75, 3.05) is 13.7 Å². The SMILES string of the molecule is C/C=C/COc1cc(C)c(OCc2ccnc(C=NOC)c2)c(C)c1. The molecule has 0 saturated heterocycles. The van der Waals surface area contributed by atoms with Gasteiger partial charge in [-0.25, -0.2) is 0 Å². The first-order chi connectivity index (χ1) is 12.1. The smallest absolute Gasteiger partial charge is 0.125 e. The highest BCUT2D eigenvalue weighted by molar-refractivity contribution is 5.76. The number of oxime groups is 1. The molecule has 0 amide bonds. The summed E-state index contributed by atoms with van der Waals surface area (Å²) in [6.45, 7) is 7.04. The molecule has 132 valence electrons. The normalized spacial score (nSPS) is 11.2. The van der Waals surface area contributed by atoms with Crippen LogP contribution in [0.15, 0.2) is 47.8 Å². The van der Waals surface area contributed by atoms with Gasteiger partial charge in [0.15, 0.2) is 0 Å². The molecule has 0 radical (unpaired) electrons. The summed E-state index contributed by atoms with van der Waals surface area (Å²) >= 11 is 0. The predicted molar refractivity (Wildman–Crippen MR) is 99.4 cm³/mol. The number of hydrogen-bond donors (Lipinski definition) is 0. The van der Waals surface area contributed by atoms with E-state index in [-0.39, 0.29) is 0 Å². The largest absolute Gasteiger partial charge is 0.490 e. The third-order valence-corrected chi connectivity index (χ3v) is 3.53. The van der Waals surface area contributed by atoms with Gasteiger partial charge in [0.1, 0.15) is 31.8 Å². The lowest BCUT2D eigenvalue weighted by molar-refractivity contribution is 0.215. The molecule has 0 atom stereocenters. The Hall–Kier alpha value is -2.82. The second kappa shape index (κ2) is 9.47. The predicted octanol–water partition coefficient (Wildman–Crippen LogP) is 4.21. The van der Waals surface area contributed by atoms with Crippen LogP contribution in [0, 0.1) is 13.8 Å². The Balaban J connectivity index is 2.06. The van der Waals surface area contributed by atoms with Gasteiger partial charge in [0.05, 0.1) is 11.9 Å². The lowest BCUT2D eigenvalue weighted by Gasteiger charge is -2.14. The van der Waals surface area contributed by atoms with Gasteiger partial charge >= 0.3 is 0 Å². The summed E-state index contributed by atoms with van der Waals surface area (Å²) in [5.74, 6) is 1.73. The van der Waals surface area contributed by atoms with E-state index in [9.17, 15) is 0 Å². The van der Waals surface area contributed by atoms with Gasteiger partial charge in [-0.3, -0.25) is 4.98 Å². The van der Waals surface area contributed by atoms with Gasteiger partial charge in [0.2, 0.25) is 0 Å². The lowest BCUT2D eigenvalue weighted by Crippen LogP contribution is -2.02. The average Bonchev–Trinajstić information content (AvgIpc) is 2.60. The monoisotopic (exact) mass is 340 g/mol. The first kappa shape index (κ1) is 18.5. The summed E-state index contributed by atoms with van der Waals surface area (Å²) in [6, 6.07) is 7.83. The van der Waals surface area contributed by atoms with Crippen molar-refractivity contribution in [1.82, 2.24) is 4.98 Å². The number of nitrogens with zero attached hydrogens (tertiary/aromatic N) is 2. The van der Waals surface area contributed by atoms with E-state index in [4.69, 9.17) is 9.47 Å². The molecule has 1 heterocycles. The number of rotatable bonds is 8. The second-order valence-corrected chi connectivity index (χ2v) is 5.56. The van der Waals surface area contributed by atoms with Gasteiger partial charge < -0.3 is 14.3 Å². The third-order valence-electron chi connectivity index (χ3n) is 3.53. The van der Waals surface area contributed by atoms with E-state index in [0.717, 1.165) is 33.9 Å². The maximum atomic E-state index is 6.02. The van der Waals surface area contributed by atoms with Crippen molar-refractivity contribution in [3.8, 4) is 11.5 Å². The Bertz CT molecular complexity index is 731. The van der Waals surface area contributed by atoms with Crippen LogP contribution in [0.3, 0.4) is 0 Å². The maximum absolute atomic E-state index is 6.02. The number of pyridine rings is 1. The molecule has 0 aliphatic carbocycles. The number of aryl methyl sites for hydroxylation is 2. The van der Waals surface area contributed by atoms with Crippen LogP contribution in [-0.4, -0.2) is 24.9 Å². The summed E-state index contributed by atoms with van der Waals surface area (Å²) in [4.78, 5) is 8.88. The molecule has 1 aromatic heterocycles. The van der Waals surface area contributed by atoms with Crippen LogP contribution in [0.25, 0.3) is 0 Å². The molecule has 0 fully saturated rings. The fraction of sp³-hybridized carbons (Fsp3) is 0.300. The molecule has 1 aromatic carbocycles. The molecule has 2 rings (SSSR count). The Morgan fingerprint density at radius 3 is 2.56 bits per heavy atom. The molecule has 5 nitrogen and oxygen atoms in total. The van der Waals surface area contributed by atoms with Crippen LogP contribution in [0.5, 0.6) is 11.5 Å². The van der Waals surface area contributed by atoms with E-state index in [1.165, 1.54) is 7.11 Å². The van der Waals surface area contributed by atoms with Crippen molar-refractivity contribution in [3.63, 3.8) is 0 Å². The van der Waals surface area contributed by atoms with E-state index in [1.807, 2.05) is 57.2 Å². The van der Waals surface area contributed by atoms with Crippen molar-refractivity contribution in [3.05, 3.63) is 65.0 Å². The Morgan fingerprint density at radius 1 is 1.12 bits per heavy atom. The zero-order valence-electron chi connectivity index (χ0n) is 15.2. The first-order valence-corrected chi connectivity index (χ1v) is 8.13. The van der Waals surface area contributed by atoms with Crippen LogP contribution in [0.4, 0.5) is 0 Å². The molecular formula is C20H24N2O3. The van der Waals surface area contributed by atoms with E-state index in [0.29, 0.717) is 13.2 Å². The van der Waals surface area contributed by atoms with Crippen LogP contribution >= 0.6 is 0 Å². The van der Waals surface area contributed by atoms with Crippen molar-refractivity contribution >= 4 is 6.21 Å². The minimum Gasteiger partial charge on any atom is -0.490 e. The van der Waals surface area contributed by atoms with Gasteiger partial charge in [-0.15, -0.1) is 0 Å². The fourth-order valence-electron chi connectivity index (χ4n) is 2.38. The Labute approximate surface area is 148 Å². The lowest BCUT2D eigenvalue weighted by atomic mass is 10.1. The highest BCUT2D eigenvalue weighted by Gasteiger charge is 2.08. The molecule has 0 aliphatic heterocycles. The van der Waals surface area contributed by atoms with Crippen LogP contribution in [-0.2, 0) is 11.4 Å². The highest BCUT2D eigenvalue weighted by Crippen LogP contribution is 2.29. The molecular weight excluding hydrogens is 316 g/mol. The summed E-state index contributed by atoms with van der Waals surface area (Å²) in [5, 5.41) is 3.72. The minimum atomic E-state index is 0.455. The standard InChI is InChI=1S/C20H24N2O3/c1-5-6-9-24-19-10-15(2)20(16(3)11-19)25-14-17-7-8-21-18(12-17)13-22-23-4/h5-8,10-13H,9,14H2,1-4H3/b6-5+,22-13?. The Morgan fingerprint density at radius 2 is 1.88 bits per heavy atom. The van der Waals surface area contributed by atoms with E-state index in [1.54, 1.807) is 12.4 Å². The summed E-state index contributed by atoms with van der Waals surface area (Å²) < 4.78 is 11.7. The molecule has 0 unspecified atom stereocenters. The third kappa shape index (κ3) is 5.64. The molecule has 0 aliphatic rings. The molecule has 0 bridgehead atoms. The van der Waals surface area contributed by atoms with Gasteiger partial charge in [-0.05, 0) is 61.7 Å². The number of hydrogen-bond acceptors (Lipinski definition) is 5. The molecule has 5 heteroatoms. The first-order valence-electron chi connectivity index (χ1n) is 8.13.